The van der Waals surface area contributed by atoms with E-state index in [0.717, 1.165) is 12.1 Å². The summed E-state index contributed by atoms with van der Waals surface area (Å²) in [6.45, 7) is 2.84. The molecule has 0 aromatic heterocycles. The molecule has 0 radical (unpaired) electrons. The first kappa shape index (κ1) is 12.2. The average Bonchev–Trinajstić information content (AvgIpc) is 2.29. The Hall–Kier alpha value is -0.900. The second-order valence-electron chi connectivity index (χ2n) is 3.68. The fourth-order valence-corrected chi connectivity index (χ4v) is 1.46. The van der Waals surface area contributed by atoms with Crippen LogP contribution in [-0.4, -0.2) is 29.4 Å². The van der Waals surface area contributed by atoms with Crippen LogP contribution in [0.1, 0.15) is 25.0 Å². The molecule has 1 aromatic rings. The molecule has 0 aliphatic heterocycles. The number of nitrogens with one attached hydrogen (secondary N) is 1. The van der Waals surface area contributed by atoms with Gasteiger partial charge in [0.15, 0.2) is 0 Å². The quantitative estimate of drug-likeness (QED) is 0.614. The van der Waals surface area contributed by atoms with E-state index in [1.54, 1.807) is 0 Å². The van der Waals surface area contributed by atoms with Gasteiger partial charge in [-0.15, -0.1) is 0 Å². The van der Waals surface area contributed by atoms with Gasteiger partial charge in [-0.3, -0.25) is 0 Å². The first-order valence-corrected chi connectivity index (χ1v) is 5.33. The van der Waals surface area contributed by atoms with E-state index in [1.807, 2.05) is 37.3 Å². The lowest BCUT2D eigenvalue weighted by Crippen LogP contribution is -2.33. The van der Waals surface area contributed by atoms with Crippen LogP contribution in [0.4, 0.5) is 0 Å². The molecule has 3 N–H and O–H groups in total. The van der Waals surface area contributed by atoms with Crippen LogP contribution in [0.25, 0.3) is 0 Å². The third-order valence-electron chi connectivity index (χ3n) is 2.42. The van der Waals surface area contributed by atoms with Crippen LogP contribution in [0.5, 0.6) is 0 Å². The summed E-state index contributed by atoms with van der Waals surface area (Å²) in [6.07, 6.45) is 0.219. The molecule has 0 heterocycles. The maximum atomic E-state index is 9.96. The highest BCUT2D eigenvalue weighted by atomic mass is 16.3. The van der Waals surface area contributed by atoms with Crippen LogP contribution >= 0.6 is 0 Å². The number of hydrogen-bond acceptors (Lipinski definition) is 3. The normalized spacial score (nSPS) is 14.9. The molecule has 0 bridgehead atoms. The fourth-order valence-electron chi connectivity index (χ4n) is 1.46. The molecule has 0 spiro atoms. The molecule has 84 valence electrons. The number of hydrogen-bond donors (Lipinski definition) is 3. The summed E-state index contributed by atoms with van der Waals surface area (Å²) in [5.74, 6) is 0. The van der Waals surface area contributed by atoms with Gasteiger partial charge in [-0.05, 0) is 25.5 Å². The standard InChI is InChI=1S/C12H19NO2/c1-10(13-8-5-9-14)12(15)11-6-3-2-4-7-11/h2-4,6-7,10,12-15H,5,8-9H2,1H3. The largest absolute Gasteiger partial charge is 0.396 e. The molecular weight excluding hydrogens is 190 g/mol. The molecule has 0 aliphatic carbocycles. The van der Waals surface area contributed by atoms with E-state index in [9.17, 15) is 5.11 Å². The Morgan fingerprint density at radius 1 is 1.27 bits per heavy atom. The van der Waals surface area contributed by atoms with E-state index in [1.165, 1.54) is 0 Å². The Morgan fingerprint density at radius 3 is 2.53 bits per heavy atom. The summed E-state index contributed by atoms with van der Waals surface area (Å²) < 4.78 is 0. The first-order chi connectivity index (χ1) is 7.25. The van der Waals surface area contributed by atoms with Crippen molar-refractivity contribution >= 4 is 0 Å². The summed E-state index contributed by atoms with van der Waals surface area (Å²) in [4.78, 5) is 0. The molecule has 2 atom stereocenters. The minimum Gasteiger partial charge on any atom is -0.396 e. The topological polar surface area (TPSA) is 52.5 Å². The molecule has 0 fully saturated rings. The number of benzene rings is 1. The van der Waals surface area contributed by atoms with E-state index < -0.39 is 6.10 Å². The van der Waals surface area contributed by atoms with Gasteiger partial charge >= 0.3 is 0 Å². The van der Waals surface area contributed by atoms with E-state index >= 15 is 0 Å². The highest BCUT2D eigenvalue weighted by Crippen LogP contribution is 2.15. The van der Waals surface area contributed by atoms with Gasteiger partial charge < -0.3 is 15.5 Å². The average molecular weight is 209 g/mol. The molecule has 0 saturated heterocycles. The SMILES string of the molecule is CC(NCCCO)C(O)c1ccccc1. The number of aliphatic hydroxyl groups is 2. The van der Waals surface area contributed by atoms with Gasteiger partial charge in [0, 0.05) is 12.6 Å². The van der Waals surface area contributed by atoms with Crippen molar-refractivity contribution < 1.29 is 10.2 Å². The Kier molecular flexibility index (Phi) is 5.32. The highest BCUT2D eigenvalue weighted by Gasteiger charge is 2.14. The Labute approximate surface area is 90.8 Å². The van der Waals surface area contributed by atoms with Gasteiger partial charge in [-0.25, -0.2) is 0 Å². The summed E-state index contributed by atoms with van der Waals surface area (Å²) in [6, 6.07) is 9.58. The Balaban J connectivity index is 2.42. The van der Waals surface area contributed by atoms with E-state index in [0.29, 0.717) is 6.42 Å². The van der Waals surface area contributed by atoms with Crippen molar-refractivity contribution in [1.82, 2.24) is 5.32 Å². The van der Waals surface area contributed by atoms with Crippen molar-refractivity contribution in [2.75, 3.05) is 13.2 Å². The summed E-state index contributed by atoms with van der Waals surface area (Å²) >= 11 is 0. The van der Waals surface area contributed by atoms with Gasteiger partial charge in [-0.2, -0.15) is 0 Å². The second kappa shape index (κ2) is 6.56. The maximum Gasteiger partial charge on any atom is 0.0940 e. The van der Waals surface area contributed by atoms with Gasteiger partial charge in [0.1, 0.15) is 0 Å². The first-order valence-electron chi connectivity index (χ1n) is 5.33. The minimum atomic E-state index is -0.495. The third-order valence-corrected chi connectivity index (χ3v) is 2.42. The van der Waals surface area contributed by atoms with Crippen molar-refractivity contribution in [1.29, 1.82) is 0 Å². The summed E-state index contributed by atoms with van der Waals surface area (Å²) in [7, 11) is 0. The lowest BCUT2D eigenvalue weighted by Gasteiger charge is -2.20. The number of rotatable bonds is 6. The van der Waals surface area contributed by atoms with Gasteiger partial charge in [-0.1, -0.05) is 30.3 Å². The van der Waals surface area contributed by atoms with Gasteiger partial charge in [0.2, 0.25) is 0 Å². The van der Waals surface area contributed by atoms with E-state index in [2.05, 4.69) is 5.32 Å². The van der Waals surface area contributed by atoms with Crippen LogP contribution in [0.2, 0.25) is 0 Å². The lowest BCUT2D eigenvalue weighted by atomic mass is 10.0. The molecule has 0 saturated carbocycles. The molecule has 15 heavy (non-hydrogen) atoms. The second-order valence-corrected chi connectivity index (χ2v) is 3.68. The van der Waals surface area contributed by atoms with Crippen LogP contribution < -0.4 is 5.32 Å². The highest BCUT2D eigenvalue weighted by molar-refractivity contribution is 5.18. The predicted octanol–water partition coefficient (Wildman–Crippen LogP) is 1.08. The Bertz CT molecular complexity index is 264. The van der Waals surface area contributed by atoms with Crippen LogP contribution in [0.15, 0.2) is 30.3 Å². The molecule has 3 heteroatoms. The maximum absolute atomic E-state index is 9.96. The lowest BCUT2D eigenvalue weighted by molar-refractivity contribution is 0.134. The zero-order valence-corrected chi connectivity index (χ0v) is 9.06. The van der Waals surface area contributed by atoms with Crippen molar-refractivity contribution in [2.24, 2.45) is 0 Å². The van der Waals surface area contributed by atoms with Crippen LogP contribution in [0.3, 0.4) is 0 Å². The van der Waals surface area contributed by atoms with Crippen molar-refractivity contribution in [2.45, 2.75) is 25.5 Å². The van der Waals surface area contributed by atoms with Crippen LogP contribution in [-0.2, 0) is 0 Å². The van der Waals surface area contributed by atoms with E-state index in [4.69, 9.17) is 5.11 Å². The van der Waals surface area contributed by atoms with Crippen LogP contribution in [0, 0.1) is 0 Å². The summed E-state index contributed by atoms with van der Waals surface area (Å²) in [5, 5.41) is 21.8. The van der Waals surface area contributed by atoms with E-state index in [-0.39, 0.29) is 12.6 Å². The molecule has 3 nitrogen and oxygen atoms in total. The minimum absolute atomic E-state index is 0.000972. The van der Waals surface area contributed by atoms with Crippen molar-refractivity contribution in [3.8, 4) is 0 Å². The molecular formula is C12H19NO2. The van der Waals surface area contributed by atoms with Gasteiger partial charge in [0.25, 0.3) is 0 Å². The summed E-state index contributed by atoms with van der Waals surface area (Å²) in [5.41, 5.74) is 0.918. The molecule has 0 aliphatic rings. The predicted molar refractivity (Wildman–Crippen MR) is 60.6 cm³/mol. The zero-order valence-electron chi connectivity index (χ0n) is 9.06. The van der Waals surface area contributed by atoms with Gasteiger partial charge in [0.05, 0.1) is 6.10 Å². The molecule has 1 rings (SSSR count). The van der Waals surface area contributed by atoms with Crippen molar-refractivity contribution in [3.05, 3.63) is 35.9 Å². The molecule has 1 aromatic carbocycles. The Morgan fingerprint density at radius 2 is 1.93 bits per heavy atom. The third kappa shape index (κ3) is 4.00. The molecule has 2 unspecified atom stereocenters. The molecule has 0 amide bonds. The zero-order chi connectivity index (χ0) is 11.1. The smallest absolute Gasteiger partial charge is 0.0940 e. The monoisotopic (exact) mass is 209 g/mol. The van der Waals surface area contributed by atoms with Crippen molar-refractivity contribution in [3.63, 3.8) is 0 Å². The number of aliphatic hydroxyl groups excluding tert-OH is 2. The fraction of sp³-hybridized carbons (Fsp3) is 0.500.